The third kappa shape index (κ3) is 3.79. The van der Waals surface area contributed by atoms with Gasteiger partial charge in [0.05, 0.1) is 15.9 Å². The van der Waals surface area contributed by atoms with Crippen molar-refractivity contribution in [3.8, 4) is 12.1 Å². The highest BCUT2D eigenvalue weighted by atomic mass is 79.9. The number of hydrogen-bond donors (Lipinski definition) is 0. The maximum atomic E-state index is 12.3. The molecule has 0 aromatic carbocycles. The Morgan fingerprint density at radius 2 is 1.78 bits per heavy atom. The molecule has 1 rings (SSSR count). The third-order valence-corrected chi connectivity index (χ3v) is 6.08. The first-order chi connectivity index (χ1) is 8.52. The van der Waals surface area contributed by atoms with Gasteiger partial charge >= 0.3 is 0 Å². The number of thiophene rings is 1. The standard InChI is InChI=1S/C10H10BrN3O2S2/c11-9-3-4-10(17-9)18(15,16)14(7-1-5-12)8-2-6-13/h3-4H,1-2,7-8H2. The van der Waals surface area contributed by atoms with Crippen LogP contribution < -0.4 is 0 Å². The van der Waals surface area contributed by atoms with Gasteiger partial charge in [-0.2, -0.15) is 14.8 Å². The van der Waals surface area contributed by atoms with Gasteiger partial charge in [0.25, 0.3) is 10.0 Å². The number of hydrogen-bond acceptors (Lipinski definition) is 5. The number of rotatable bonds is 6. The van der Waals surface area contributed by atoms with Crippen LogP contribution in [0.2, 0.25) is 0 Å². The summed E-state index contributed by atoms with van der Waals surface area (Å²) in [7, 11) is -3.61. The zero-order chi connectivity index (χ0) is 13.6. The van der Waals surface area contributed by atoms with Gasteiger partial charge in [0.15, 0.2) is 0 Å². The van der Waals surface area contributed by atoms with Crippen molar-refractivity contribution in [2.75, 3.05) is 13.1 Å². The van der Waals surface area contributed by atoms with E-state index >= 15 is 0 Å². The maximum absolute atomic E-state index is 12.3. The molecule has 0 saturated carbocycles. The highest BCUT2D eigenvalue weighted by Crippen LogP contribution is 2.28. The molecule has 0 aliphatic heterocycles. The van der Waals surface area contributed by atoms with Crippen LogP contribution in [-0.2, 0) is 10.0 Å². The second kappa shape index (κ2) is 6.86. The average molecular weight is 348 g/mol. The van der Waals surface area contributed by atoms with E-state index < -0.39 is 10.0 Å². The Morgan fingerprint density at radius 1 is 1.22 bits per heavy atom. The molecule has 0 radical (unpaired) electrons. The first-order valence-corrected chi connectivity index (χ1v) is 8.06. The molecule has 0 saturated heterocycles. The summed E-state index contributed by atoms with van der Waals surface area (Å²) in [6, 6.07) is 6.98. The molecule has 18 heavy (non-hydrogen) atoms. The largest absolute Gasteiger partial charge is 0.252 e. The Balaban J connectivity index is 2.96. The van der Waals surface area contributed by atoms with Crippen LogP contribution in [0, 0.1) is 22.7 Å². The van der Waals surface area contributed by atoms with Gasteiger partial charge in [-0.25, -0.2) is 8.42 Å². The van der Waals surface area contributed by atoms with Crippen LogP contribution in [0.5, 0.6) is 0 Å². The van der Waals surface area contributed by atoms with E-state index in [1.54, 1.807) is 6.07 Å². The molecule has 8 heteroatoms. The fourth-order valence-corrected chi connectivity index (χ4v) is 4.87. The second-order valence-electron chi connectivity index (χ2n) is 3.28. The summed E-state index contributed by atoms with van der Waals surface area (Å²) in [6.07, 6.45) is 0.217. The fraction of sp³-hybridized carbons (Fsp3) is 0.400. The summed E-state index contributed by atoms with van der Waals surface area (Å²) in [4.78, 5) is 0. The lowest BCUT2D eigenvalue weighted by Gasteiger charge is -2.18. The van der Waals surface area contributed by atoms with E-state index in [-0.39, 0.29) is 30.1 Å². The van der Waals surface area contributed by atoms with Gasteiger partial charge < -0.3 is 0 Å². The molecule has 0 aliphatic carbocycles. The van der Waals surface area contributed by atoms with Gasteiger partial charge in [-0.1, -0.05) is 0 Å². The van der Waals surface area contributed by atoms with E-state index in [4.69, 9.17) is 10.5 Å². The maximum Gasteiger partial charge on any atom is 0.252 e. The van der Waals surface area contributed by atoms with E-state index in [2.05, 4.69) is 15.9 Å². The lowest BCUT2D eigenvalue weighted by atomic mass is 10.4. The van der Waals surface area contributed by atoms with Gasteiger partial charge in [-0.3, -0.25) is 0 Å². The smallest absolute Gasteiger partial charge is 0.206 e. The molecule has 0 atom stereocenters. The van der Waals surface area contributed by atoms with E-state index in [1.165, 1.54) is 10.4 Å². The van der Waals surface area contributed by atoms with Crippen LogP contribution in [0.15, 0.2) is 20.1 Å². The van der Waals surface area contributed by atoms with Crippen molar-refractivity contribution in [3.05, 3.63) is 15.9 Å². The molecule has 0 fully saturated rings. The zero-order valence-corrected chi connectivity index (χ0v) is 12.6. The molecule has 1 aromatic rings. The Kier molecular flexibility index (Phi) is 5.76. The Labute approximate surface area is 118 Å². The summed E-state index contributed by atoms with van der Waals surface area (Å²) < 4.78 is 26.6. The summed E-state index contributed by atoms with van der Waals surface area (Å²) in [5.41, 5.74) is 0. The van der Waals surface area contributed by atoms with Crippen LogP contribution in [0.4, 0.5) is 0 Å². The van der Waals surface area contributed by atoms with E-state index in [0.29, 0.717) is 0 Å². The molecule has 0 unspecified atom stereocenters. The molecule has 96 valence electrons. The SMILES string of the molecule is N#CCCN(CCC#N)S(=O)(=O)c1ccc(Br)s1. The highest BCUT2D eigenvalue weighted by Gasteiger charge is 2.25. The Morgan fingerprint density at radius 3 is 2.17 bits per heavy atom. The monoisotopic (exact) mass is 347 g/mol. The Bertz CT molecular complexity index is 565. The predicted molar refractivity (Wildman–Crippen MR) is 71.2 cm³/mol. The quantitative estimate of drug-likeness (QED) is 0.790. The number of nitrogens with zero attached hydrogens (tertiary/aromatic N) is 3. The zero-order valence-electron chi connectivity index (χ0n) is 9.34. The molecule has 0 aliphatic rings. The molecule has 0 amide bonds. The molecular weight excluding hydrogens is 338 g/mol. The fourth-order valence-electron chi connectivity index (χ4n) is 1.27. The van der Waals surface area contributed by atoms with E-state index in [0.717, 1.165) is 15.1 Å². The summed E-state index contributed by atoms with van der Waals surface area (Å²) in [5.74, 6) is 0. The lowest BCUT2D eigenvalue weighted by molar-refractivity contribution is 0.426. The van der Waals surface area contributed by atoms with Gasteiger partial charge in [0.1, 0.15) is 4.21 Å². The molecular formula is C10H10BrN3O2S2. The number of nitriles is 2. The van der Waals surface area contributed by atoms with Crippen molar-refractivity contribution >= 4 is 37.3 Å². The lowest BCUT2D eigenvalue weighted by Crippen LogP contribution is -2.32. The molecule has 0 bridgehead atoms. The van der Waals surface area contributed by atoms with Crippen molar-refractivity contribution in [1.82, 2.24) is 4.31 Å². The predicted octanol–water partition coefficient (Wildman–Crippen LogP) is 2.33. The normalized spacial score (nSPS) is 11.1. The highest BCUT2D eigenvalue weighted by molar-refractivity contribution is 9.11. The van der Waals surface area contributed by atoms with Gasteiger partial charge in [-0.15, -0.1) is 11.3 Å². The second-order valence-corrected chi connectivity index (χ2v) is 7.91. The van der Waals surface area contributed by atoms with Gasteiger partial charge in [0.2, 0.25) is 0 Å². The van der Waals surface area contributed by atoms with Crippen LogP contribution >= 0.6 is 27.3 Å². The minimum absolute atomic E-state index is 0.107. The van der Waals surface area contributed by atoms with Crippen molar-refractivity contribution in [2.24, 2.45) is 0 Å². The first-order valence-electron chi connectivity index (χ1n) is 5.01. The third-order valence-electron chi connectivity index (χ3n) is 2.09. The van der Waals surface area contributed by atoms with Crippen molar-refractivity contribution in [3.63, 3.8) is 0 Å². The van der Waals surface area contributed by atoms with E-state index in [1.807, 2.05) is 12.1 Å². The van der Waals surface area contributed by atoms with E-state index in [9.17, 15) is 8.42 Å². The molecule has 5 nitrogen and oxygen atoms in total. The van der Waals surface area contributed by atoms with Crippen LogP contribution in [0.25, 0.3) is 0 Å². The summed E-state index contributed by atoms with van der Waals surface area (Å²) >= 11 is 4.32. The summed E-state index contributed by atoms with van der Waals surface area (Å²) in [5, 5.41) is 17.1. The van der Waals surface area contributed by atoms with Crippen LogP contribution in [0.3, 0.4) is 0 Å². The minimum Gasteiger partial charge on any atom is -0.206 e. The molecule has 0 spiro atoms. The molecule has 1 aromatic heterocycles. The molecule has 1 heterocycles. The van der Waals surface area contributed by atoms with Gasteiger partial charge in [-0.05, 0) is 28.1 Å². The van der Waals surface area contributed by atoms with Crippen LogP contribution in [0.1, 0.15) is 12.8 Å². The van der Waals surface area contributed by atoms with Crippen molar-refractivity contribution in [2.45, 2.75) is 17.1 Å². The Hall–Kier alpha value is -0.930. The molecule has 0 N–H and O–H groups in total. The number of halogens is 1. The summed E-state index contributed by atoms with van der Waals surface area (Å²) in [6.45, 7) is 0.214. The van der Waals surface area contributed by atoms with Crippen LogP contribution in [-0.4, -0.2) is 25.8 Å². The minimum atomic E-state index is -3.61. The van der Waals surface area contributed by atoms with Crippen molar-refractivity contribution < 1.29 is 8.42 Å². The first kappa shape index (κ1) is 15.1. The van der Waals surface area contributed by atoms with Gasteiger partial charge in [0, 0.05) is 25.9 Å². The number of sulfonamides is 1. The average Bonchev–Trinajstić information content (AvgIpc) is 2.76. The topological polar surface area (TPSA) is 85.0 Å². The van der Waals surface area contributed by atoms with Crippen molar-refractivity contribution in [1.29, 1.82) is 10.5 Å².